The lowest BCUT2D eigenvalue weighted by atomic mass is 9.95. The van der Waals surface area contributed by atoms with Crippen LogP contribution in [-0.4, -0.2) is 26.2 Å². The van der Waals surface area contributed by atoms with Crippen molar-refractivity contribution in [3.63, 3.8) is 0 Å². The van der Waals surface area contributed by atoms with Gasteiger partial charge in [0.05, 0.1) is 26.3 Å². The molecule has 0 heterocycles. The molecule has 0 radical (unpaired) electrons. The monoisotopic (exact) mass is 342 g/mol. The minimum Gasteiger partial charge on any atom is -0.493 e. The van der Waals surface area contributed by atoms with Crippen LogP contribution in [0.2, 0.25) is 0 Å². The molecule has 0 aliphatic carbocycles. The van der Waals surface area contributed by atoms with Crippen LogP contribution in [0.4, 0.5) is 0 Å². The van der Waals surface area contributed by atoms with Crippen molar-refractivity contribution in [3.8, 4) is 11.5 Å². The van der Waals surface area contributed by atoms with E-state index in [0.29, 0.717) is 17.9 Å². The Hall–Kier alpha value is -2.53. The average molecular weight is 342 g/mol. The van der Waals surface area contributed by atoms with Gasteiger partial charge in [-0.2, -0.15) is 0 Å². The number of aryl methyl sites for hydroxylation is 1. The summed E-state index contributed by atoms with van der Waals surface area (Å²) in [5.41, 5.74) is 9.03. The van der Waals surface area contributed by atoms with E-state index >= 15 is 0 Å². The Labute approximate surface area is 149 Å². The quantitative estimate of drug-likeness (QED) is 0.811. The summed E-state index contributed by atoms with van der Waals surface area (Å²) in [5, 5.41) is 3.04. The van der Waals surface area contributed by atoms with E-state index < -0.39 is 6.04 Å². The van der Waals surface area contributed by atoms with E-state index in [4.69, 9.17) is 15.2 Å². The summed E-state index contributed by atoms with van der Waals surface area (Å²) in [5.74, 6) is 1.10. The summed E-state index contributed by atoms with van der Waals surface area (Å²) < 4.78 is 10.7. The Morgan fingerprint density at radius 1 is 1.12 bits per heavy atom. The van der Waals surface area contributed by atoms with Gasteiger partial charge in [0.2, 0.25) is 5.91 Å². The second kappa shape index (κ2) is 8.53. The number of carbonyl (C=O) groups excluding carboxylic acids is 1. The lowest BCUT2D eigenvalue weighted by Gasteiger charge is -2.22. The molecule has 1 unspecified atom stereocenters. The fraction of sp³-hybridized carbons (Fsp3) is 0.350. The molecule has 3 N–H and O–H groups in total. The molecule has 0 spiro atoms. The molecule has 2 aromatic rings. The standard InChI is InChI=1S/C20H26N2O3/c1-13-7-5-6-8-15(13)11-17(22-20(23)14(2)21)16-9-10-18(24-3)19(12-16)25-4/h5-10,12,14,17H,11,21H2,1-4H3,(H,22,23)/t14-,17?/m1/s1. The molecule has 1 amide bonds. The van der Waals surface area contributed by atoms with Gasteiger partial charge in [0.15, 0.2) is 11.5 Å². The molecule has 25 heavy (non-hydrogen) atoms. The maximum atomic E-state index is 12.2. The zero-order valence-corrected chi connectivity index (χ0v) is 15.2. The number of benzene rings is 2. The third kappa shape index (κ3) is 4.73. The smallest absolute Gasteiger partial charge is 0.237 e. The van der Waals surface area contributed by atoms with E-state index in [1.54, 1.807) is 21.1 Å². The molecule has 2 rings (SSSR count). The highest BCUT2D eigenvalue weighted by Gasteiger charge is 2.19. The van der Waals surface area contributed by atoms with Crippen molar-refractivity contribution in [3.05, 3.63) is 59.2 Å². The number of nitrogens with two attached hydrogens (primary N) is 1. The fourth-order valence-electron chi connectivity index (χ4n) is 2.68. The third-order valence-electron chi connectivity index (χ3n) is 4.23. The fourth-order valence-corrected chi connectivity index (χ4v) is 2.68. The minimum atomic E-state index is -0.570. The summed E-state index contributed by atoms with van der Waals surface area (Å²) in [6, 6.07) is 13.0. The topological polar surface area (TPSA) is 73.6 Å². The lowest BCUT2D eigenvalue weighted by Crippen LogP contribution is -2.41. The van der Waals surface area contributed by atoms with E-state index in [1.807, 2.05) is 30.3 Å². The first-order chi connectivity index (χ1) is 12.0. The molecule has 0 aromatic heterocycles. The first-order valence-corrected chi connectivity index (χ1v) is 8.28. The van der Waals surface area contributed by atoms with Crippen molar-refractivity contribution in [1.82, 2.24) is 5.32 Å². The Bertz CT molecular complexity index is 729. The molecule has 0 aliphatic rings. The SMILES string of the molecule is COc1ccc(C(Cc2ccccc2C)NC(=O)[C@@H](C)N)cc1OC. The summed E-state index contributed by atoms with van der Waals surface area (Å²) in [6.45, 7) is 3.74. The summed E-state index contributed by atoms with van der Waals surface area (Å²) in [6.07, 6.45) is 0.667. The number of methoxy groups -OCH3 is 2. The van der Waals surface area contributed by atoms with E-state index in [9.17, 15) is 4.79 Å². The average Bonchev–Trinajstić information content (AvgIpc) is 2.62. The van der Waals surface area contributed by atoms with Crippen LogP contribution < -0.4 is 20.5 Å². The molecule has 0 saturated carbocycles. The number of nitrogens with one attached hydrogen (secondary N) is 1. The van der Waals surface area contributed by atoms with Crippen LogP contribution in [-0.2, 0) is 11.2 Å². The predicted octanol–water partition coefficient (Wildman–Crippen LogP) is 2.76. The second-order valence-corrected chi connectivity index (χ2v) is 6.09. The van der Waals surface area contributed by atoms with Gasteiger partial charge in [0.25, 0.3) is 0 Å². The largest absolute Gasteiger partial charge is 0.493 e. The maximum absolute atomic E-state index is 12.2. The van der Waals surface area contributed by atoms with Crippen molar-refractivity contribution in [2.24, 2.45) is 5.73 Å². The van der Waals surface area contributed by atoms with Crippen LogP contribution in [0, 0.1) is 6.92 Å². The van der Waals surface area contributed by atoms with E-state index in [0.717, 1.165) is 5.56 Å². The first-order valence-electron chi connectivity index (χ1n) is 8.28. The van der Waals surface area contributed by atoms with Gasteiger partial charge in [-0.3, -0.25) is 4.79 Å². The van der Waals surface area contributed by atoms with Gasteiger partial charge < -0.3 is 20.5 Å². The minimum absolute atomic E-state index is 0.187. The number of hydrogen-bond acceptors (Lipinski definition) is 4. The van der Waals surface area contributed by atoms with Crippen LogP contribution in [0.25, 0.3) is 0 Å². The molecule has 5 heteroatoms. The van der Waals surface area contributed by atoms with E-state index in [1.165, 1.54) is 11.1 Å². The Morgan fingerprint density at radius 2 is 1.80 bits per heavy atom. The summed E-state index contributed by atoms with van der Waals surface area (Å²) in [7, 11) is 3.19. The van der Waals surface area contributed by atoms with Gasteiger partial charge in [-0.05, 0) is 49.1 Å². The van der Waals surface area contributed by atoms with Crippen molar-refractivity contribution in [1.29, 1.82) is 0 Å². The van der Waals surface area contributed by atoms with Crippen molar-refractivity contribution in [2.45, 2.75) is 32.4 Å². The Morgan fingerprint density at radius 3 is 2.40 bits per heavy atom. The Balaban J connectivity index is 2.37. The van der Waals surface area contributed by atoms with E-state index in [2.05, 4.69) is 24.4 Å². The molecule has 0 fully saturated rings. The first kappa shape index (κ1) is 18.8. The molecule has 0 saturated heterocycles. The van der Waals surface area contributed by atoms with Crippen LogP contribution in [0.3, 0.4) is 0 Å². The third-order valence-corrected chi connectivity index (χ3v) is 4.23. The van der Waals surface area contributed by atoms with Crippen molar-refractivity contribution < 1.29 is 14.3 Å². The van der Waals surface area contributed by atoms with Crippen molar-refractivity contribution in [2.75, 3.05) is 14.2 Å². The van der Waals surface area contributed by atoms with Crippen molar-refractivity contribution >= 4 is 5.91 Å². The normalized spacial score (nSPS) is 13.0. The highest BCUT2D eigenvalue weighted by atomic mass is 16.5. The second-order valence-electron chi connectivity index (χ2n) is 6.09. The Kier molecular flexibility index (Phi) is 6.42. The number of amides is 1. The van der Waals surface area contributed by atoms with Crippen LogP contribution in [0.15, 0.2) is 42.5 Å². The number of ether oxygens (including phenoxy) is 2. The van der Waals surface area contributed by atoms with Crippen LogP contribution >= 0.6 is 0 Å². The van der Waals surface area contributed by atoms with Crippen LogP contribution in [0.1, 0.15) is 29.7 Å². The molecule has 5 nitrogen and oxygen atoms in total. The highest BCUT2D eigenvalue weighted by molar-refractivity contribution is 5.81. The zero-order valence-electron chi connectivity index (χ0n) is 15.2. The molecule has 2 aromatic carbocycles. The maximum Gasteiger partial charge on any atom is 0.237 e. The summed E-state index contributed by atoms with van der Waals surface area (Å²) >= 11 is 0. The number of hydrogen-bond donors (Lipinski definition) is 2. The predicted molar refractivity (Wildman–Crippen MR) is 99.0 cm³/mol. The molecule has 2 atom stereocenters. The van der Waals surface area contributed by atoms with Gasteiger partial charge in [0.1, 0.15) is 0 Å². The van der Waals surface area contributed by atoms with Crippen LogP contribution in [0.5, 0.6) is 11.5 Å². The molecule has 134 valence electrons. The van der Waals surface area contributed by atoms with Gasteiger partial charge in [-0.25, -0.2) is 0 Å². The van der Waals surface area contributed by atoms with Gasteiger partial charge in [0, 0.05) is 0 Å². The van der Waals surface area contributed by atoms with E-state index in [-0.39, 0.29) is 11.9 Å². The number of rotatable bonds is 7. The lowest BCUT2D eigenvalue weighted by molar-refractivity contribution is -0.122. The zero-order chi connectivity index (χ0) is 18.4. The highest BCUT2D eigenvalue weighted by Crippen LogP contribution is 2.31. The number of carbonyl (C=O) groups is 1. The molecule has 0 aliphatic heterocycles. The van der Waals surface area contributed by atoms with Gasteiger partial charge in [-0.15, -0.1) is 0 Å². The molecule has 0 bridgehead atoms. The van der Waals surface area contributed by atoms with Gasteiger partial charge >= 0.3 is 0 Å². The molecular weight excluding hydrogens is 316 g/mol. The van der Waals surface area contributed by atoms with Gasteiger partial charge in [-0.1, -0.05) is 30.3 Å². The molecular formula is C20H26N2O3. The summed E-state index contributed by atoms with van der Waals surface area (Å²) in [4.78, 5) is 12.2.